The summed E-state index contributed by atoms with van der Waals surface area (Å²) >= 11 is 12.3. The van der Waals surface area contributed by atoms with Gasteiger partial charge in [-0.2, -0.15) is 0 Å². The van der Waals surface area contributed by atoms with Crippen molar-refractivity contribution in [2.45, 2.75) is 19.5 Å². The average Bonchev–Trinajstić information content (AvgIpc) is 2.26. The molecule has 0 spiro atoms. The Morgan fingerprint density at radius 2 is 2.06 bits per heavy atom. The summed E-state index contributed by atoms with van der Waals surface area (Å²) < 4.78 is 0. The second-order valence-electron chi connectivity index (χ2n) is 4.22. The van der Waals surface area contributed by atoms with E-state index in [1.54, 1.807) is 0 Å². The lowest BCUT2D eigenvalue weighted by molar-refractivity contribution is 0.166. The first kappa shape index (κ1) is 12.2. The van der Waals surface area contributed by atoms with Crippen LogP contribution >= 0.6 is 23.2 Å². The number of nitrogens with one attached hydrogen (secondary N) is 1. The summed E-state index contributed by atoms with van der Waals surface area (Å²) in [6.07, 6.45) is 0. The Morgan fingerprint density at radius 3 is 2.69 bits per heavy atom. The van der Waals surface area contributed by atoms with Crippen LogP contribution in [-0.2, 0) is 6.54 Å². The third-order valence-electron chi connectivity index (χ3n) is 3.06. The van der Waals surface area contributed by atoms with Crippen LogP contribution in [-0.4, -0.2) is 30.6 Å². The summed E-state index contributed by atoms with van der Waals surface area (Å²) in [4.78, 5) is 2.41. The summed E-state index contributed by atoms with van der Waals surface area (Å²) in [7, 11) is 0. The quantitative estimate of drug-likeness (QED) is 0.878. The predicted molar refractivity (Wildman–Crippen MR) is 69.2 cm³/mol. The van der Waals surface area contributed by atoms with Gasteiger partial charge in [-0.3, -0.25) is 4.90 Å². The van der Waals surface area contributed by atoms with Gasteiger partial charge < -0.3 is 5.32 Å². The molecule has 1 atom stereocenters. The maximum absolute atomic E-state index is 6.17. The summed E-state index contributed by atoms with van der Waals surface area (Å²) in [6.45, 7) is 6.16. The fourth-order valence-electron chi connectivity index (χ4n) is 2.00. The molecule has 0 unspecified atom stereocenters. The van der Waals surface area contributed by atoms with Gasteiger partial charge in [-0.05, 0) is 19.1 Å². The van der Waals surface area contributed by atoms with E-state index in [0.29, 0.717) is 6.04 Å². The zero-order valence-electron chi connectivity index (χ0n) is 9.34. The highest BCUT2D eigenvalue weighted by Gasteiger charge is 2.19. The van der Waals surface area contributed by atoms with Crippen LogP contribution in [0.25, 0.3) is 0 Å². The SMILES string of the molecule is C[C@@H]1CNCCN1Cc1c(Cl)cccc1Cl. The summed E-state index contributed by atoms with van der Waals surface area (Å²) in [5, 5.41) is 4.90. The molecular weight excluding hydrogens is 243 g/mol. The van der Waals surface area contributed by atoms with Crippen molar-refractivity contribution in [2.75, 3.05) is 19.6 Å². The van der Waals surface area contributed by atoms with E-state index >= 15 is 0 Å². The van der Waals surface area contributed by atoms with Crippen molar-refractivity contribution < 1.29 is 0 Å². The van der Waals surface area contributed by atoms with E-state index in [-0.39, 0.29) is 0 Å². The molecule has 16 heavy (non-hydrogen) atoms. The molecule has 1 saturated heterocycles. The first-order valence-corrected chi connectivity index (χ1v) is 6.31. The smallest absolute Gasteiger partial charge is 0.0465 e. The zero-order valence-corrected chi connectivity index (χ0v) is 10.9. The number of hydrogen-bond donors (Lipinski definition) is 1. The predicted octanol–water partition coefficient (Wildman–Crippen LogP) is 2.79. The molecule has 1 aliphatic heterocycles. The molecule has 0 bridgehead atoms. The number of benzene rings is 1. The minimum Gasteiger partial charge on any atom is -0.314 e. The van der Waals surface area contributed by atoms with E-state index in [9.17, 15) is 0 Å². The normalized spacial score (nSPS) is 22.3. The monoisotopic (exact) mass is 258 g/mol. The molecule has 1 aromatic carbocycles. The molecule has 0 aromatic heterocycles. The zero-order chi connectivity index (χ0) is 11.5. The topological polar surface area (TPSA) is 15.3 Å². The fraction of sp³-hybridized carbons (Fsp3) is 0.500. The highest BCUT2D eigenvalue weighted by atomic mass is 35.5. The Balaban J connectivity index is 2.13. The third-order valence-corrected chi connectivity index (χ3v) is 3.77. The van der Waals surface area contributed by atoms with Crippen LogP contribution in [0.3, 0.4) is 0 Å². The summed E-state index contributed by atoms with van der Waals surface area (Å²) in [6, 6.07) is 6.21. The lowest BCUT2D eigenvalue weighted by Gasteiger charge is -2.34. The van der Waals surface area contributed by atoms with Crippen molar-refractivity contribution in [2.24, 2.45) is 0 Å². The second-order valence-corrected chi connectivity index (χ2v) is 5.04. The number of piperazine rings is 1. The van der Waals surface area contributed by atoms with Gasteiger partial charge in [-0.15, -0.1) is 0 Å². The van der Waals surface area contributed by atoms with Gasteiger partial charge in [0.05, 0.1) is 0 Å². The van der Waals surface area contributed by atoms with Gasteiger partial charge >= 0.3 is 0 Å². The van der Waals surface area contributed by atoms with E-state index in [4.69, 9.17) is 23.2 Å². The second kappa shape index (κ2) is 5.37. The van der Waals surface area contributed by atoms with Gasteiger partial charge in [0.2, 0.25) is 0 Å². The van der Waals surface area contributed by atoms with Crippen molar-refractivity contribution in [3.05, 3.63) is 33.8 Å². The van der Waals surface area contributed by atoms with E-state index < -0.39 is 0 Å². The van der Waals surface area contributed by atoms with Gasteiger partial charge in [0.25, 0.3) is 0 Å². The van der Waals surface area contributed by atoms with E-state index in [2.05, 4.69) is 17.1 Å². The van der Waals surface area contributed by atoms with E-state index in [1.807, 2.05) is 18.2 Å². The minimum atomic E-state index is 0.529. The van der Waals surface area contributed by atoms with Crippen LogP contribution in [0.2, 0.25) is 10.0 Å². The Morgan fingerprint density at radius 1 is 1.38 bits per heavy atom. The van der Waals surface area contributed by atoms with Crippen LogP contribution in [0.1, 0.15) is 12.5 Å². The van der Waals surface area contributed by atoms with Crippen molar-refractivity contribution in [3.8, 4) is 0 Å². The Kier molecular flexibility index (Phi) is 4.09. The third kappa shape index (κ3) is 2.69. The van der Waals surface area contributed by atoms with Crippen LogP contribution in [0.4, 0.5) is 0 Å². The van der Waals surface area contributed by atoms with E-state index in [1.165, 1.54) is 0 Å². The number of halogens is 2. The fourth-order valence-corrected chi connectivity index (χ4v) is 2.52. The largest absolute Gasteiger partial charge is 0.314 e. The first-order chi connectivity index (χ1) is 7.68. The number of hydrogen-bond acceptors (Lipinski definition) is 2. The highest BCUT2D eigenvalue weighted by Crippen LogP contribution is 2.26. The first-order valence-electron chi connectivity index (χ1n) is 5.56. The van der Waals surface area contributed by atoms with Gasteiger partial charge in [-0.25, -0.2) is 0 Å². The maximum atomic E-state index is 6.17. The Hall–Kier alpha value is -0.280. The molecule has 1 aliphatic rings. The Bertz CT molecular complexity index is 348. The molecule has 1 fully saturated rings. The molecule has 4 heteroatoms. The molecule has 0 amide bonds. The highest BCUT2D eigenvalue weighted by molar-refractivity contribution is 6.35. The van der Waals surface area contributed by atoms with Gasteiger partial charge in [-0.1, -0.05) is 29.3 Å². The van der Waals surface area contributed by atoms with E-state index in [0.717, 1.165) is 41.8 Å². The number of rotatable bonds is 2. The molecule has 0 radical (unpaired) electrons. The molecule has 1 aromatic rings. The molecule has 1 N–H and O–H groups in total. The lowest BCUT2D eigenvalue weighted by Crippen LogP contribution is -2.49. The van der Waals surface area contributed by atoms with Crippen LogP contribution in [0.5, 0.6) is 0 Å². The molecule has 88 valence electrons. The molecule has 0 aliphatic carbocycles. The van der Waals surface area contributed by atoms with Gasteiger partial charge in [0.15, 0.2) is 0 Å². The lowest BCUT2D eigenvalue weighted by atomic mass is 10.1. The summed E-state index contributed by atoms with van der Waals surface area (Å²) in [5.74, 6) is 0. The van der Waals surface area contributed by atoms with Crippen LogP contribution < -0.4 is 5.32 Å². The van der Waals surface area contributed by atoms with Crippen molar-refractivity contribution in [3.63, 3.8) is 0 Å². The number of nitrogens with zero attached hydrogens (tertiary/aromatic N) is 1. The molecule has 2 nitrogen and oxygen atoms in total. The van der Waals surface area contributed by atoms with Crippen molar-refractivity contribution in [1.29, 1.82) is 0 Å². The van der Waals surface area contributed by atoms with Crippen LogP contribution in [0.15, 0.2) is 18.2 Å². The minimum absolute atomic E-state index is 0.529. The Labute approximate surface area is 107 Å². The summed E-state index contributed by atoms with van der Waals surface area (Å²) in [5.41, 5.74) is 1.04. The van der Waals surface area contributed by atoms with Gasteiger partial charge in [0.1, 0.15) is 0 Å². The molecular formula is C12H16Cl2N2. The maximum Gasteiger partial charge on any atom is 0.0465 e. The van der Waals surface area contributed by atoms with Crippen molar-refractivity contribution in [1.82, 2.24) is 10.2 Å². The van der Waals surface area contributed by atoms with Crippen LogP contribution in [0, 0.1) is 0 Å². The standard InChI is InChI=1S/C12H16Cl2N2/c1-9-7-15-5-6-16(9)8-10-11(13)3-2-4-12(10)14/h2-4,9,15H,5-8H2,1H3/t9-/m1/s1. The molecule has 2 rings (SSSR count). The molecule has 1 heterocycles. The van der Waals surface area contributed by atoms with Gasteiger partial charge in [0, 0.05) is 47.8 Å². The average molecular weight is 259 g/mol. The molecule has 0 saturated carbocycles. The van der Waals surface area contributed by atoms with Crippen molar-refractivity contribution >= 4 is 23.2 Å².